The number of aliphatic hydroxyl groups excluding tert-OH is 1. The molecule has 1 aromatic heterocycles. The summed E-state index contributed by atoms with van der Waals surface area (Å²) in [5, 5.41) is 14.3. The Morgan fingerprint density at radius 1 is 1.73 bits per heavy atom. The first-order valence-corrected chi connectivity index (χ1v) is 5.74. The summed E-state index contributed by atoms with van der Waals surface area (Å²) in [4.78, 5) is 15.5. The van der Waals surface area contributed by atoms with Crippen molar-refractivity contribution < 1.29 is 9.90 Å². The van der Waals surface area contributed by atoms with Crippen molar-refractivity contribution in [3.05, 3.63) is 16.1 Å². The number of rotatable bonds is 4. The molecule has 0 bridgehead atoms. The number of amides is 1. The van der Waals surface area contributed by atoms with Gasteiger partial charge < -0.3 is 10.4 Å². The third kappa shape index (κ3) is 2.76. The summed E-state index contributed by atoms with van der Waals surface area (Å²) in [6, 6.07) is 0. The van der Waals surface area contributed by atoms with Crippen LogP contribution in [-0.4, -0.2) is 22.6 Å². The molecular weight excluding hydrogens is 212 g/mol. The van der Waals surface area contributed by atoms with E-state index in [0.29, 0.717) is 0 Å². The molecule has 15 heavy (non-hydrogen) atoms. The molecule has 0 aliphatic rings. The molecule has 0 aliphatic heterocycles. The Morgan fingerprint density at radius 3 is 2.80 bits per heavy atom. The van der Waals surface area contributed by atoms with E-state index in [1.165, 1.54) is 11.3 Å². The molecule has 0 aromatic carbocycles. The van der Waals surface area contributed by atoms with Crippen molar-refractivity contribution in [3.63, 3.8) is 0 Å². The lowest BCUT2D eigenvalue weighted by Gasteiger charge is -2.26. The Balaban J connectivity index is 2.89. The predicted octanol–water partition coefficient (Wildman–Crippen LogP) is 1.19. The van der Waals surface area contributed by atoms with Crippen LogP contribution in [0.4, 0.5) is 0 Å². The standard InChI is InChI=1S/C10H16N2O2S/c1-4-10(3,12-8(14)5-13)9-11-7(2)6-15-9/h6,13H,4-5H2,1-3H3,(H,12,14). The highest BCUT2D eigenvalue weighted by Gasteiger charge is 2.29. The molecule has 1 atom stereocenters. The number of hydrogen-bond acceptors (Lipinski definition) is 4. The number of carbonyl (C=O) groups excluding carboxylic acids is 1. The van der Waals surface area contributed by atoms with Gasteiger partial charge in [0.05, 0.1) is 5.54 Å². The first-order valence-electron chi connectivity index (χ1n) is 4.86. The van der Waals surface area contributed by atoms with Crippen LogP contribution < -0.4 is 5.32 Å². The van der Waals surface area contributed by atoms with Gasteiger partial charge in [-0.05, 0) is 20.3 Å². The molecule has 0 radical (unpaired) electrons. The van der Waals surface area contributed by atoms with Gasteiger partial charge in [0.25, 0.3) is 0 Å². The van der Waals surface area contributed by atoms with E-state index >= 15 is 0 Å². The van der Waals surface area contributed by atoms with Crippen LogP contribution in [0.2, 0.25) is 0 Å². The fourth-order valence-electron chi connectivity index (χ4n) is 1.25. The maximum atomic E-state index is 11.2. The van der Waals surface area contributed by atoms with Crippen LogP contribution in [0.25, 0.3) is 0 Å². The first-order chi connectivity index (χ1) is 7.01. The lowest BCUT2D eigenvalue weighted by atomic mass is 10.00. The Hall–Kier alpha value is -0.940. The number of aromatic nitrogens is 1. The predicted molar refractivity (Wildman–Crippen MR) is 59.7 cm³/mol. The molecule has 84 valence electrons. The Kier molecular flexibility index (Phi) is 3.82. The van der Waals surface area contributed by atoms with Crippen LogP contribution in [-0.2, 0) is 10.3 Å². The number of nitrogens with one attached hydrogen (secondary N) is 1. The normalized spacial score (nSPS) is 14.7. The molecule has 0 spiro atoms. The van der Waals surface area contributed by atoms with E-state index in [-0.39, 0.29) is 5.91 Å². The van der Waals surface area contributed by atoms with Crippen LogP contribution in [0.3, 0.4) is 0 Å². The zero-order valence-corrected chi connectivity index (χ0v) is 10.0. The summed E-state index contributed by atoms with van der Waals surface area (Å²) in [5.41, 5.74) is 0.478. The molecule has 1 rings (SSSR count). The van der Waals surface area contributed by atoms with Gasteiger partial charge in [0.1, 0.15) is 11.6 Å². The van der Waals surface area contributed by atoms with Gasteiger partial charge in [-0.2, -0.15) is 0 Å². The number of aryl methyl sites for hydroxylation is 1. The van der Waals surface area contributed by atoms with Gasteiger partial charge in [-0.25, -0.2) is 4.98 Å². The fraction of sp³-hybridized carbons (Fsp3) is 0.600. The SMILES string of the molecule is CCC(C)(NC(=O)CO)c1nc(C)cs1. The van der Waals surface area contributed by atoms with E-state index in [2.05, 4.69) is 10.3 Å². The van der Waals surface area contributed by atoms with Crippen molar-refractivity contribution in [1.82, 2.24) is 10.3 Å². The highest BCUT2D eigenvalue weighted by atomic mass is 32.1. The van der Waals surface area contributed by atoms with Gasteiger partial charge >= 0.3 is 0 Å². The fourth-order valence-corrected chi connectivity index (χ4v) is 2.23. The number of aliphatic hydroxyl groups is 1. The zero-order valence-electron chi connectivity index (χ0n) is 9.20. The highest BCUT2D eigenvalue weighted by molar-refractivity contribution is 7.09. The molecule has 4 nitrogen and oxygen atoms in total. The molecule has 2 N–H and O–H groups in total. The van der Waals surface area contributed by atoms with Gasteiger partial charge in [0.2, 0.25) is 5.91 Å². The van der Waals surface area contributed by atoms with Gasteiger partial charge in [0, 0.05) is 11.1 Å². The molecule has 1 amide bonds. The third-order valence-electron chi connectivity index (χ3n) is 2.36. The van der Waals surface area contributed by atoms with E-state index in [1.807, 2.05) is 26.2 Å². The molecule has 0 saturated carbocycles. The summed E-state index contributed by atoms with van der Waals surface area (Å²) in [5.74, 6) is -0.368. The molecule has 0 aliphatic carbocycles. The number of thiazole rings is 1. The van der Waals surface area contributed by atoms with E-state index in [9.17, 15) is 4.79 Å². The average molecular weight is 228 g/mol. The minimum atomic E-state index is -0.486. The lowest BCUT2D eigenvalue weighted by Crippen LogP contribution is -2.44. The quantitative estimate of drug-likeness (QED) is 0.813. The van der Waals surface area contributed by atoms with Crippen LogP contribution in [0.5, 0.6) is 0 Å². The van der Waals surface area contributed by atoms with Crippen molar-refractivity contribution >= 4 is 17.2 Å². The molecular formula is C10H16N2O2S. The van der Waals surface area contributed by atoms with E-state index in [4.69, 9.17) is 5.11 Å². The second-order valence-corrected chi connectivity index (χ2v) is 4.54. The van der Waals surface area contributed by atoms with Crippen molar-refractivity contribution in [2.75, 3.05) is 6.61 Å². The zero-order chi connectivity index (χ0) is 11.5. The van der Waals surface area contributed by atoms with Crippen LogP contribution in [0.1, 0.15) is 31.0 Å². The van der Waals surface area contributed by atoms with Gasteiger partial charge in [-0.3, -0.25) is 4.79 Å². The van der Waals surface area contributed by atoms with Gasteiger partial charge in [0.15, 0.2) is 0 Å². The van der Waals surface area contributed by atoms with Crippen molar-refractivity contribution in [1.29, 1.82) is 0 Å². The maximum Gasteiger partial charge on any atom is 0.246 e. The summed E-state index contributed by atoms with van der Waals surface area (Å²) >= 11 is 1.53. The molecule has 1 unspecified atom stereocenters. The van der Waals surface area contributed by atoms with Crippen molar-refractivity contribution in [2.24, 2.45) is 0 Å². The average Bonchev–Trinajstić information content (AvgIpc) is 2.65. The highest BCUT2D eigenvalue weighted by Crippen LogP contribution is 2.27. The number of nitrogens with zero attached hydrogens (tertiary/aromatic N) is 1. The van der Waals surface area contributed by atoms with Crippen LogP contribution >= 0.6 is 11.3 Å². The summed E-state index contributed by atoms with van der Waals surface area (Å²) in [6.07, 6.45) is 0.742. The molecule has 0 fully saturated rings. The molecule has 1 aromatic rings. The largest absolute Gasteiger partial charge is 0.387 e. The van der Waals surface area contributed by atoms with Crippen molar-refractivity contribution in [3.8, 4) is 0 Å². The van der Waals surface area contributed by atoms with E-state index in [1.54, 1.807) is 0 Å². The van der Waals surface area contributed by atoms with E-state index in [0.717, 1.165) is 17.1 Å². The minimum Gasteiger partial charge on any atom is -0.387 e. The number of carbonyl (C=O) groups is 1. The van der Waals surface area contributed by atoms with Crippen LogP contribution in [0, 0.1) is 6.92 Å². The maximum absolute atomic E-state index is 11.2. The summed E-state index contributed by atoms with van der Waals surface area (Å²) in [6.45, 7) is 5.33. The van der Waals surface area contributed by atoms with Gasteiger partial charge in [-0.1, -0.05) is 6.92 Å². The Labute approximate surface area is 93.4 Å². The second kappa shape index (κ2) is 4.72. The number of hydrogen-bond donors (Lipinski definition) is 2. The molecule has 5 heteroatoms. The first kappa shape index (κ1) is 12.1. The molecule has 0 saturated heterocycles. The van der Waals surface area contributed by atoms with E-state index < -0.39 is 12.1 Å². The topological polar surface area (TPSA) is 62.2 Å². The van der Waals surface area contributed by atoms with Gasteiger partial charge in [-0.15, -0.1) is 11.3 Å². The Bertz CT molecular complexity index is 351. The third-order valence-corrected chi connectivity index (χ3v) is 3.58. The smallest absolute Gasteiger partial charge is 0.246 e. The summed E-state index contributed by atoms with van der Waals surface area (Å²) < 4.78 is 0. The lowest BCUT2D eigenvalue weighted by molar-refractivity contribution is -0.125. The van der Waals surface area contributed by atoms with Crippen molar-refractivity contribution in [2.45, 2.75) is 32.7 Å². The van der Waals surface area contributed by atoms with Crippen LogP contribution in [0.15, 0.2) is 5.38 Å². The monoisotopic (exact) mass is 228 g/mol. The minimum absolute atomic E-state index is 0.368. The molecule has 1 heterocycles. The Morgan fingerprint density at radius 2 is 2.40 bits per heavy atom. The summed E-state index contributed by atoms with van der Waals surface area (Å²) in [7, 11) is 0. The second-order valence-electron chi connectivity index (χ2n) is 3.69.